The molecule has 9 heavy (non-hydrogen) atoms. The molecule has 3 N–H and O–H groups in total. The Morgan fingerprint density at radius 3 is 2.67 bits per heavy atom. The molecular weight excluding hydrogens is 114 g/mol. The van der Waals surface area contributed by atoms with E-state index in [1.807, 2.05) is 31.3 Å². The van der Waals surface area contributed by atoms with Crippen LogP contribution in [0.3, 0.4) is 0 Å². The smallest absolute Gasteiger partial charge is 0.117 e. The molecule has 50 valence electrons. The molecule has 0 bridgehead atoms. The van der Waals surface area contributed by atoms with Crippen LogP contribution in [0.2, 0.25) is 0 Å². The summed E-state index contributed by atoms with van der Waals surface area (Å²) < 4.78 is 0. The van der Waals surface area contributed by atoms with E-state index in [1.165, 1.54) is 0 Å². The highest BCUT2D eigenvalue weighted by atomic mass is 15.1. The van der Waals surface area contributed by atoms with Gasteiger partial charge in [0.25, 0.3) is 0 Å². The molecule has 0 fully saturated rings. The van der Waals surface area contributed by atoms with Gasteiger partial charge in [-0.25, -0.2) is 0 Å². The summed E-state index contributed by atoms with van der Waals surface area (Å²) in [4.78, 5) is 1.92. The van der Waals surface area contributed by atoms with Gasteiger partial charge in [-0.1, -0.05) is 0 Å². The summed E-state index contributed by atoms with van der Waals surface area (Å²) in [7, 11) is 1.94. The predicted octanol–water partition coefficient (Wildman–Crippen LogP) is 0.140. The van der Waals surface area contributed by atoms with Crippen molar-refractivity contribution in [3.05, 3.63) is 23.9 Å². The molecule has 0 saturated heterocycles. The first kappa shape index (κ1) is 6.01. The first-order valence-corrected chi connectivity index (χ1v) is 2.83. The second-order valence-corrected chi connectivity index (χ2v) is 2.19. The highest BCUT2D eigenvalue weighted by Gasteiger charge is 1.99. The fourth-order valence-corrected chi connectivity index (χ4v) is 0.854. The van der Waals surface area contributed by atoms with Crippen LogP contribution < -0.4 is 11.1 Å². The van der Waals surface area contributed by atoms with Crippen molar-refractivity contribution in [3.63, 3.8) is 0 Å². The van der Waals surface area contributed by atoms with Crippen LogP contribution in [0.1, 0.15) is 6.92 Å². The maximum atomic E-state index is 5.48. The van der Waals surface area contributed by atoms with Crippen molar-refractivity contribution in [2.75, 3.05) is 7.05 Å². The molecule has 0 atom stereocenters. The lowest BCUT2D eigenvalue weighted by atomic mass is 10.4. The van der Waals surface area contributed by atoms with E-state index in [9.17, 15) is 0 Å². The lowest BCUT2D eigenvalue weighted by Gasteiger charge is -2.18. The number of nitrogens with one attached hydrogen (secondary N) is 1. The number of rotatable bonds is 0. The molecule has 3 nitrogen and oxygen atoms in total. The molecule has 3 heteroatoms. The van der Waals surface area contributed by atoms with Crippen molar-refractivity contribution < 1.29 is 0 Å². The first-order chi connectivity index (χ1) is 4.18. The minimum atomic E-state index is 0.692. The second kappa shape index (κ2) is 2.01. The maximum absolute atomic E-state index is 5.48. The summed E-state index contributed by atoms with van der Waals surface area (Å²) in [6, 6.07) is 0. The van der Waals surface area contributed by atoms with Gasteiger partial charge in [-0.15, -0.1) is 0 Å². The average Bonchev–Trinajstić information content (AvgIpc) is 1.59. The Kier molecular flexibility index (Phi) is 1.34. The first-order valence-electron chi connectivity index (χ1n) is 2.83. The van der Waals surface area contributed by atoms with Crippen LogP contribution in [0.25, 0.3) is 0 Å². The zero-order valence-corrected chi connectivity index (χ0v) is 5.68. The Morgan fingerprint density at radius 2 is 2.22 bits per heavy atom. The number of allylic oxidation sites excluding steroid dienone is 1. The Bertz CT molecular complexity index is 151. The molecule has 0 unspecified atom stereocenters. The van der Waals surface area contributed by atoms with Crippen LogP contribution in [0.4, 0.5) is 0 Å². The highest BCUT2D eigenvalue weighted by molar-refractivity contribution is 5.12. The molecule has 0 aromatic heterocycles. The lowest BCUT2D eigenvalue weighted by Crippen LogP contribution is -2.26. The van der Waals surface area contributed by atoms with Crippen molar-refractivity contribution in [2.24, 2.45) is 5.73 Å². The highest BCUT2D eigenvalue weighted by Crippen LogP contribution is 2.00. The number of hydrogen-bond donors (Lipinski definition) is 2. The lowest BCUT2D eigenvalue weighted by molar-refractivity contribution is 0.578. The molecule has 0 aliphatic carbocycles. The molecule has 0 saturated carbocycles. The van der Waals surface area contributed by atoms with Gasteiger partial charge in [0.05, 0.1) is 0 Å². The van der Waals surface area contributed by atoms with Crippen LogP contribution in [0.15, 0.2) is 23.9 Å². The van der Waals surface area contributed by atoms with Gasteiger partial charge in [-0.05, 0) is 6.92 Å². The largest absolute Gasteiger partial charge is 0.384 e. The van der Waals surface area contributed by atoms with Crippen molar-refractivity contribution in [1.29, 1.82) is 0 Å². The van der Waals surface area contributed by atoms with E-state index in [-0.39, 0.29) is 0 Å². The van der Waals surface area contributed by atoms with Gasteiger partial charge >= 0.3 is 0 Å². The molecule has 1 heterocycles. The van der Waals surface area contributed by atoms with Crippen molar-refractivity contribution in [1.82, 2.24) is 10.2 Å². The monoisotopic (exact) mass is 125 g/mol. The summed E-state index contributed by atoms with van der Waals surface area (Å²) in [5.74, 6) is 0.692. The van der Waals surface area contributed by atoms with Gasteiger partial charge in [-0.3, -0.25) is 0 Å². The van der Waals surface area contributed by atoms with Crippen LogP contribution in [0, 0.1) is 0 Å². The summed E-state index contributed by atoms with van der Waals surface area (Å²) in [5.41, 5.74) is 6.55. The molecule has 0 aromatic carbocycles. The fourth-order valence-electron chi connectivity index (χ4n) is 0.854. The molecule has 0 radical (unpaired) electrons. The third-order valence-corrected chi connectivity index (χ3v) is 1.08. The van der Waals surface area contributed by atoms with Gasteiger partial charge < -0.3 is 16.0 Å². The summed E-state index contributed by atoms with van der Waals surface area (Å²) in [6.45, 7) is 1.97. The average molecular weight is 125 g/mol. The molecular formula is C6H11N3. The van der Waals surface area contributed by atoms with E-state index in [0.29, 0.717) is 5.82 Å². The predicted molar refractivity (Wildman–Crippen MR) is 36.9 cm³/mol. The van der Waals surface area contributed by atoms with Crippen LogP contribution in [0.5, 0.6) is 0 Å². The summed E-state index contributed by atoms with van der Waals surface area (Å²) >= 11 is 0. The molecule has 1 aliphatic heterocycles. The van der Waals surface area contributed by atoms with Crippen molar-refractivity contribution in [3.8, 4) is 0 Å². The van der Waals surface area contributed by atoms with E-state index in [4.69, 9.17) is 5.73 Å². The molecule has 0 spiro atoms. The van der Waals surface area contributed by atoms with E-state index in [2.05, 4.69) is 5.32 Å². The standard InChI is InChI=1S/C6H11N3/c1-5-3-9(2)4-6(7)8-5/h3-4,8H,7H2,1-2H3. The summed E-state index contributed by atoms with van der Waals surface area (Å²) in [6.07, 6.45) is 3.80. The van der Waals surface area contributed by atoms with Crippen molar-refractivity contribution in [2.45, 2.75) is 6.92 Å². The van der Waals surface area contributed by atoms with Gasteiger partial charge in [0, 0.05) is 25.1 Å². The third-order valence-electron chi connectivity index (χ3n) is 1.08. The molecule has 0 aromatic rings. The van der Waals surface area contributed by atoms with Gasteiger partial charge in [-0.2, -0.15) is 0 Å². The fraction of sp³-hybridized carbons (Fsp3) is 0.333. The van der Waals surface area contributed by atoms with E-state index in [0.717, 1.165) is 5.70 Å². The Balaban J connectivity index is 2.69. The van der Waals surface area contributed by atoms with Gasteiger partial charge in [0.1, 0.15) is 5.82 Å². The maximum Gasteiger partial charge on any atom is 0.117 e. The van der Waals surface area contributed by atoms with Gasteiger partial charge in [0.2, 0.25) is 0 Å². The minimum absolute atomic E-state index is 0.692. The minimum Gasteiger partial charge on any atom is -0.384 e. The number of nitrogens with two attached hydrogens (primary N) is 1. The Morgan fingerprint density at radius 1 is 1.56 bits per heavy atom. The van der Waals surface area contributed by atoms with E-state index in [1.54, 1.807) is 0 Å². The Hall–Kier alpha value is -1.12. The SMILES string of the molecule is CC1=CN(C)C=C(N)N1. The number of nitrogens with zero attached hydrogens (tertiary/aromatic N) is 1. The molecule has 0 amide bonds. The quantitative estimate of drug-likeness (QED) is 0.484. The van der Waals surface area contributed by atoms with Crippen LogP contribution in [-0.2, 0) is 0 Å². The summed E-state index contributed by atoms with van der Waals surface area (Å²) in [5, 5.41) is 2.97. The van der Waals surface area contributed by atoms with E-state index >= 15 is 0 Å². The van der Waals surface area contributed by atoms with Crippen LogP contribution >= 0.6 is 0 Å². The Labute approximate surface area is 54.8 Å². The zero-order chi connectivity index (χ0) is 6.85. The molecule has 1 rings (SSSR count). The van der Waals surface area contributed by atoms with Crippen LogP contribution in [-0.4, -0.2) is 11.9 Å². The van der Waals surface area contributed by atoms with E-state index < -0.39 is 0 Å². The normalized spacial score (nSPS) is 18.2. The van der Waals surface area contributed by atoms with Crippen molar-refractivity contribution >= 4 is 0 Å². The topological polar surface area (TPSA) is 41.3 Å². The second-order valence-electron chi connectivity index (χ2n) is 2.19. The number of hydrogen-bond acceptors (Lipinski definition) is 3. The van der Waals surface area contributed by atoms with Gasteiger partial charge in [0.15, 0.2) is 0 Å². The molecule has 1 aliphatic rings. The zero-order valence-electron chi connectivity index (χ0n) is 5.68. The third kappa shape index (κ3) is 1.38.